The molecule has 132 valence electrons. The van der Waals surface area contributed by atoms with Gasteiger partial charge in [0.2, 0.25) is 0 Å². The van der Waals surface area contributed by atoms with Crippen molar-refractivity contribution in [1.82, 2.24) is 0 Å². The van der Waals surface area contributed by atoms with Gasteiger partial charge in [-0.2, -0.15) is 0 Å². The molecule has 4 aromatic rings. The third kappa shape index (κ3) is 2.40. The van der Waals surface area contributed by atoms with E-state index in [2.05, 4.69) is 59.7 Å². The fourth-order valence-electron chi connectivity index (χ4n) is 4.15. The van der Waals surface area contributed by atoms with Crippen molar-refractivity contribution in [1.29, 1.82) is 0 Å². The molecular weight excluding hydrogens is 320 g/mol. The van der Waals surface area contributed by atoms with Gasteiger partial charge in [-0.15, -0.1) is 0 Å². The van der Waals surface area contributed by atoms with Crippen LogP contribution in [-0.4, -0.2) is 0 Å². The first kappa shape index (κ1) is 16.7. The number of furan rings is 2. The quantitative estimate of drug-likeness (QED) is 0.384. The summed E-state index contributed by atoms with van der Waals surface area (Å²) in [6.07, 6.45) is 1.70. The highest BCUT2D eigenvalue weighted by atomic mass is 16.4. The third-order valence-corrected chi connectivity index (χ3v) is 5.34. The van der Waals surface area contributed by atoms with E-state index in [0.29, 0.717) is 0 Å². The molecule has 0 unspecified atom stereocenters. The Bertz CT molecular complexity index is 1100. The van der Waals surface area contributed by atoms with Gasteiger partial charge in [0.1, 0.15) is 5.58 Å². The molecular formula is C24H24O2. The largest absolute Gasteiger partial charge is 0.461 e. The van der Waals surface area contributed by atoms with Crippen molar-refractivity contribution in [3.05, 3.63) is 70.0 Å². The Balaban J connectivity index is 2.21. The fraction of sp³-hybridized carbons (Fsp3) is 0.250. The molecule has 0 saturated heterocycles. The summed E-state index contributed by atoms with van der Waals surface area (Å²) in [5, 5.41) is 1.19. The highest BCUT2D eigenvalue weighted by molar-refractivity contribution is 6.05. The minimum atomic E-state index is 0.770. The molecule has 0 N–H and O–H groups in total. The predicted octanol–water partition coefficient (Wildman–Crippen LogP) is 7.21. The summed E-state index contributed by atoms with van der Waals surface area (Å²) in [5.41, 5.74) is 10.8. The molecule has 2 heteroatoms. The first-order chi connectivity index (χ1) is 12.4. The van der Waals surface area contributed by atoms with E-state index in [9.17, 15) is 0 Å². The second-order valence-corrected chi connectivity index (χ2v) is 7.40. The van der Waals surface area contributed by atoms with Crippen molar-refractivity contribution in [2.75, 3.05) is 0 Å². The molecule has 2 aromatic heterocycles. The average Bonchev–Trinajstić information content (AvgIpc) is 3.19. The van der Waals surface area contributed by atoms with E-state index in [4.69, 9.17) is 8.83 Å². The van der Waals surface area contributed by atoms with Crippen molar-refractivity contribution in [3.8, 4) is 22.6 Å². The van der Waals surface area contributed by atoms with E-state index >= 15 is 0 Å². The van der Waals surface area contributed by atoms with Crippen molar-refractivity contribution in [3.63, 3.8) is 0 Å². The van der Waals surface area contributed by atoms with E-state index in [1.54, 1.807) is 6.26 Å². The van der Waals surface area contributed by atoms with Crippen LogP contribution in [0.15, 0.2) is 45.4 Å². The van der Waals surface area contributed by atoms with Gasteiger partial charge in [-0.1, -0.05) is 23.8 Å². The van der Waals surface area contributed by atoms with Crippen LogP contribution in [0.3, 0.4) is 0 Å². The lowest BCUT2D eigenvalue weighted by Gasteiger charge is -2.13. The van der Waals surface area contributed by atoms with Crippen LogP contribution in [0, 0.1) is 41.5 Å². The van der Waals surface area contributed by atoms with E-state index in [-0.39, 0.29) is 0 Å². The van der Waals surface area contributed by atoms with E-state index in [0.717, 1.165) is 22.7 Å². The number of aryl methyl sites for hydroxylation is 6. The minimum Gasteiger partial charge on any atom is -0.461 e. The highest BCUT2D eigenvalue weighted by Gasteiger charge is 2.25. The molecule has 0 atom stereocenters. The van der Waals surface area contributed by atoms with Gasteiger partial charge in [0.15, 0.2) is 11.5 Å². The van der Waals surface area contributed by atoms with E-state index < -0.39 is 0 Å². The monoisotopic (exact) mass is 344 g/mol. The number of benzene rings is 2. The Labute approximate surface area is 154 Å². The molecule has 4 rings (SSSR count). The maximum Gasteiger partial charge on any atom is 0.178 e. The molecule has 0 amide bonds. The second-order valence-electron chi connectivity index (χ2n) is 7.40. The maximum absolute atomic E-state index is 6.44. The zero-order valence-corrected chi connectivity index (χ0v) is 16.3. The molecule has 0 aliphatic carbocycles. The van der Waals surface area contributed by atoms with Gasteiger partial charge in [-0.25, -0.2) is 0 Å². The van der Waals surface area contributed by atoms with Gasteiger partial charge in [0.25, 0.3) is 0 Å². The van der Waals surface area contributed by atoms with Gasteiger partial charge < -0.3 is 8.83 Å². The zero-order valence-electron chi connectivity index (χ0n) is 16.3. The topological polar surface area (TPSA) is 26.3 Å². The van der Waals surface area contributed by atoms with Crippen LogP contribution in [0.4, 0.5) is 0 Å². The lowest BCUT2D eigenvalue weighted by Crippen LogP contribution is -1.92. The Morgan fingerprint density at radius 2 is 1.42 bits per heavy atom. The summed E-state index contributed by atoms with van der Waals surface area (Å²) in [4.78, 5) is 0. The Morgan fingerprint density at radius 3 is 2.04 bits per heavy atom. The fourth-order valence-corrected chi connectivity index (χ4v) is 4.15. The van der Waals surface area contributed by atoms with Crippen molar-refractivity contribution in [2.24, 2.45) is 0 Å². The summed E-state index contributed by atoms with van der Waals surface area (Å²) < 4.78 is 12.2. The van der Waals surface area contributed by atoms with Gasteiger partial charge in [0, 0.05) is 10.9 Å². The molecule has 26 heavy (non-hydrogen) atoms. The lowest BCUT2D eigenvalue weighted by molar-refractivity contribution is 0.542. The Morgan fingerprint density at radius 1 is 0.731 bits per heavy atom. The molecule has 2 nitrogen and oxygen atoms in total. The molecule has 2 aromatic carbocycles. The maximum atomic E-state index is 6.44. The molecule has 0 spiro atoms. The second kappa shape index (κ2) is 5.91. The van der Waals surface area contributed by atoms with Crippen LogP contribution in [0.25, 0.3) is 33.6 Å². The van der Waals surface area contributed by atoms with Gasteiger partial charge >= 0.3 is 0 Å². The van der Waals surface area contributed by atoms with Crippen LogP contribution < -0.4 is 0 Å². The summed E-state index contributed by atoms with van der Waals surface area (Å²) >= 11 is 0. The Kier molecular flexibility index (Phi) is 3.80. The van der Waals surface area contributed by atoms with Crippen LogP contribution in [0.5, 0.6) is 0 Å². The van der Waals surface area contributed by atoms with Gasteiger partial charge in [-0.3, -0.25) is 0 Å². The SMILES string of the molecule is Cc1cc(C)c(-c2c(-c3ccco3)oc3c(C)c(C)cc(C)c23)c(C)c1. The smallest absolute Gasteiger partial charge is 0.178 e. The number of rotatable bonds is 2. The van der Waals surface area contributed by atoms with E-state index in [1.807, 2.05) is 12.1 Å². The van der Waals surface area contributed by atoms with Crippen molar-refractivity contribution >= 4 is 11.0 Å². The molecule has 0 bridgehead atoms. The molecule has 0 aliphatic heterocycles. The lowest BCUT2D eigenvalue weighted by atomic mass is 9.89. The summed E-state index contributed by atoms with van der Waals surface area (Å²) in [6.45, 7) is 12.9. The van der Waals surface area contributed by atoms with Crippen LogP contribution >= 0.6 is 0 Å². The zero-order chi connectivity index (χ0) is 18.6. The van der Waals surface area contributed by atoms with Crippen LogP contribution in [0.2, 0.25) is 0 Å². The number of hydrogen-bond acceptors (Lipinski definition) is 2. The predicted molar refractivity (Wildman–Crippen MR) is 108 cm³/mol. The molecule has 0 fully saturated rings. The molecule has 0 radical (unpaired) electrons. The summed E-state index contributed by atoms with van der Waals surface area (Å²) in [6, 6.07) is 10.6. The molecule has 0 saturated carbocycles. The number of fused-ring (bicyclic) bond motifs is 1. The Hall–Kier alpha value is -2.74. The summed E-state index contributed by atoms with van der Waals surface area (Å²) in [5.74, 6) is 1.59. The van der Waals surface area contributed by atoms with Crippen molar-refractivity contribution in [2.45, 2.75) is 41.5 Å². The third-order valence-electron chi connectivity index (χ3n) is 5.34. The molecule has 2 heterocycles. The van der Waals surface area contributed by atoms with Gasteiger partial charge in [0.05, 0.1) is 6.26 Å². The highest BCUT2D eigenvalue weighted by Crippen LogP contribution is 2.46. The normalized spacial score (nSPS) is 11.5. The average molecular weight is 344 g/mol. The minimum absolute atomic E-state index is 0.770. The van der Waals surface area contributed by atoms with Crippen LogP contribution in [-0.2, 0) is 0 Å². The van der Waals surface area contributed by atoms with Crippen molar-refractivity contribution < 1.29 is 8.83 Å². The first-order valence-electron chi connectivity index (χ1n) is 9.04. The first-order valence-corrected chi connectivity index (χ1v) is 9.04. The van der Waals surface area contributed by atoms with Crippen LogP contribution in [0.1, 0.15) is 33.4 Å². The van der Waals surface area contributed by atoms with E-state index in [1.165, 1.54) is 44.3 Å². The standard InChI is InChI=1S/C24H24O2/c1-13-10-15(3)20(16(4)11-13)22-21-17(5)12-14(2)18(6)23(21)26-24(22)19-8-7-9-25-19/h7-12H,1-6H3. The summed E-state index contributed by atoms with van der Waals surface area (Å²) in [7, 11) is 0. The number of hydrogen-bond donors (Lipinski definition) is 0. The van der Waals surface area contributed by atoms with Gasteiger partial charge in [-0.05, 0) is 87.1 Å². The molecule has 0 aliphatic rings.